The van der Waals surface area contributed by atoms with Crippen LogP contribution in [-0.2, 0) is 6.42 Å². The summed E-state index contributed by atoms with van der Waals surface area (Å²) in [5.41, 5.74) is 3.54. The van der Waals surface area contributed by atoms with Crippen molar-refractivity contribution in [3.63, 3.8) is 0 Å². The normalized spacial score (nSPS) is 10.9. The molecule has 1 aromatic heterocycles. The second-order valence-corrected chi connectivity index (χ2v) is 5.96. The van der Waals surface area contributed by atoms with Gasteiger partial charge in [0.25, 0.3) is 5.89 Å². The molecule has 0 spiro atoms. The second kappa shape index (κ2) is 6.57. The van der Waals surface area contributed by atoms with Gasteiger partial charge in [-0.25, -0.2) is 0 Å². The van der Waals surface area contributed by atoms with Gasteiger partial charge in [0.1, 0.15) is 6.29 Å². The zero-order valence-electron chi connectivity index (χ0n) is 13.2. The van der Waals surface area contributed by atoms with Crippen molar-refractivity contribution in [3.8, 4) is 22.8 Å². The van der Waals surface area contributed by atoms with E-state index in [9.17, 15) is 4.79 Å². The highest BCUT2D eigenvalue weighted by molar-refractivity contribution is 5.77. The molecule has 0 bridgehead atoms. The smallest absolute Gasteiger partial charge is 0.258 e. The minimum Gasteiger partial charge on any atom is -0.334 e. The SMILES string of the molecule is CC(C)Cc1ccc(-c2nc(-c3cccc(C=O)c3)no2)cc1. The van der Waals surface area contributed by atoms with E-state index in [1.807, 2.05) is 18.2 Å². The lowest BCUT2D eigenvalue weighted by atomic mass is 10.0. The van der Waals surface area contributed by atoms with Crippen LogP contribution in [0.25, 0.3) is 22.8 Å². The van der Waals surface area contributed by atoms with Gasteiger partial charge >= 0.3 is 0 Å². The zero-order chi connectivity index (χ0) is 16.2. The number of benzene rings is 2. The molecule has 0 unspecified atom stereocenters. The molecule has 3 rings (SSSR count). The number of rotatable bonds is 5. The lowest BCUT2D eigenvalue weighted by Crippen LogP contribution is -1.93. The average molecular weight is 306 g/mol. The third-order valence-electron chi connectivity index (χ3n) is 3.55. The van der Waals surface area contributed by atoms with Crippen LogP contribution >= 0.6 is 0 Å². The fourth-order valence-corrected chi connectivity index (χ4v) is 2.46. The fourth-order valence-electron chi connectivity index (χ4n) is 2.46. The van der Waals surface area contributed by atoms with Crippen LogP contribution in [0.1, 0.15) is 29.8 Å². The molecule has 0 N–H and O–H groups in total. The zero-order valence-corrected chi connectivity index (χ0v) is 13.2. The number of carbonyl (C=O) groups excluding carboxylic acids is 1. The van der Waals surface area contributed by atoms with E-state index in [4.69, 9.17) is 4.52 Å². The van der Waals surface area contributed by atoms with Crippen molar-refractivity contribution in [2.75, 3.05) is 0 Å². The van der Waals surface area contributed by atoms with E-state index in [1.54, 1.807) is 18.2 Å². The van der Waals surface area contributed by atoms with Crippen molar-refractivity contribution in [3.05, 3.63) is 59.7 Å². The van der Waals surface area contributed by atoms with E-state index in [0.29, 0.717) is 23.2 Å². The van der Waals surface area contributed by atoms with E-state index < -0.39 is 0 Å². The van der Waals surface area contributed by atoms with Crippen molar-refractivity contribution in [2.24, 2.45) is 5.92 Å². The van der Waals surface area contributed by atoms with Gasteiger partial charge in [-0.3, -0.25) is 4.79 Å². The van der Waals surface area contributed by atoms with Crippen LogP contribution in [0, 0.1) is 5.92 Å². The molecule has 0 radical (unpaired) electrons. The molecule has 0 saturated carbocycles. The Bertz CT molecular complexity index is 804. The molecule has 0 fully saturated rings. The molecule has 2 aromatic carbocycles. The molecule has 4 nitrogen and oxygen atoms in total. The Morgan fingerprint density at radius 2 is 1.87 bits per heavy atom. The molecule has 1 heterocycles. The molecule has 0 aliphatic rings. The van der Waals surface area contributed by atoms with E-state index in [0.717, 1.165) is 23.8 Å². The highest BCUT2D eigenvalue weighted by atomic mass is 16.5. The summed E-state index contributed by atoms with van der Waals surface area (Å²) in [6.45, 7) is 4.40. The second-order valence-electron chi connectivity index (χ2n) is 5.96. The van der Waals surface area contributed by atoms with Crippen molar-refractivity contribution in [1.82, 2.24) is 10.1 Å². The van der Waals surface area contributed by atoms with E-state index in [1.165, 1.54) is 5.56 Å². The van der Waals surface area contributed by atoms with Gasteiger partial charge in [0.15, 0.2) is 0 Å². The van der Waals surface area contributed by atoms with Crippen LogP contribution in [0.2, 0.25) is 0 Å². The summed E-state index contributed by atoms with van der Waals surface area (Å²) in [6.07, 6.45) is 1.85. The Labute approximate surface area is 135 Å². The monoisotopic (exact) mass is 306 g/mol. The molecule has 23 heavy (non-hydrogen) atoms. The summed E-state index contributed by atoms with van der Waals surface area (Å²) in [5.74, 6) is 1.59. The number of carbonyl (C=O) groups is 1. The van der Waals surface area contributed by atoms with Crippen LogP contribution in [0.4, 0.5) is 0 Å². The van der Waals surface area contributed by atoms with Gasteiger partial charge in [-0.05, 0) is 36.1 Å². The molecule has 0 saturated heterocycles. The summed E-state index contributed by atoms with van der Waals surface area (Å²) in [5, 5.41) is 4.01. The first kappa shape index (κ1) is 15.2. The number of hydrogen-bond acceptors (Lipinski definition) is 4. The predicted octanol–water partition coefficient (Wildman–Crippen LogP) is 4.41. The van der Waals surface area contributed by atoms with Gasteiger partial charge in [0.05, 0.1) is 0 Å². The van der Waals surface area contributed by atoms with Crippen LogP contribution in [0.5, 0.6) is 0 Å². The Morgan fingerprint density at radius 3 is 2.57 bits per heavy atom. The molecule has 0 atom stereocenters. The van der Waals surface area contributed by atoms with Gasteiger partial charge in [-0.1, -0.05) is 49.3 Å². The summed E-state index contributed by atoms with van der Waals surface area (Å²) >= 11 is 0. The quantitative estimate of drug-likeness (QED) is 0.655. The van der Waals surface area contributed by atoms with Crippen LogP contribution < -0.4 is 0 Å². The van der Waals surface area contributed by atoms with Gasteiger partial charge < -0.3 is 4.52 Å². The maximum absolute atomic E-state index is 10.9. The van der Waals surface area contributed by atoms with Gasteiger partial charge in [-0.2, -0.15) is 4.98 Å². The Kier molecular flexibility index (Phi) is 4.33. The number of aldehydes is 1. The lowest BCUT2D eigenvalue weighted by Gasteiger charge is -2.04. The number of aromatic nitrogens is 2. The molecule has 0 aliphatic heterocycles. The summed E-state index contributed by atoms with van der Waals surface area (Å²) in [4.78, 5) is 15.3. The van der Waals surface area contributed by atoms with Crippen molar-refractivity contribution in [2.45, 2.75) is 20.3 Å². The molecular weight excluding hydrogens is 288 g/mol. The van der Waals surface area contributed by atoms with Gasteiger partial charge in [0, 0.05) is 16.7 Å². The Morgan fingerprint density at radius 1 is 1.09 bits per heavy atom. The Balaban J connectivity index is 1.85. The highest BCUT2D eigenvalue weighted by Gasteiger charge is 2.11. The van der Waals surface area contributed by atoms with Crippen molar-refractivity contribution < 1.29 is 9.32 Å². The molecule has 3 aromatic rings. The maximum Gasteiger partial charge on any atom is 0.258 e. The lowest BCUT2D eigenvalue weighted by molar-refractivity contribution is 0.112. The fraction of sp³-hybridized carbons (Fsp3) is 0.211. The van der Waals surface area contributed by atoms with Gasteiger partial charge in [-0.15, -0.1) is 0 Å². The first-order valence-electron chi connectivity index (χ1n) is 7.64. The Hall–Kier alpha value is -2.75. The largest absolute Gasteiger partial charge is 0.334 e. The topological polar surface area (TPSA) is 56.0 Å². The van der Waals surface area contributed by atoms with Crippen molar-refractivity contribution in [1.29, 1.82) is 0 Å². The van der Waals surface area contributed by atoms with E-state index in [2.05, 4.69) is 36.1 Å². The molecule has 116 valence electrons. The summed E-state index contributed by atoms with van der Waals surface area (Å²) < 4.78 is 5.35. The van der Waals surface area contributed by atoms with Crippen LogP contribution in [0.3, 0.4) is 0 Å². The van der Waals surface area contributed by atoms with Crippen LogP contribution in [0.15, 0.2) is 53.1 Å². The first-order valence-corrected chi connectivity index (χ1v) is 7.64. The van der Waals surface area contributed by atoms with Crippen molar-refractivity contribution >= 4 is 6.29 Å². The van der Waals surface area contributed by atoms with Crippen LogP contribution in [-0.4, -0.2) is 16.4 Å². The molecule has 4 heteroatoms. The predicted molar refractivity (Wildman–Crippen MR) is 89.1 cm³/mol. The summed E-state index contributed by atoms with van der Waals surface area (Å²) in [7, 11) is 0. The number of nitrogens with zero attached hydrogens (tertiary/aromatic N) is 2. The average Bonchev–Trinajstić information content (AvgIpc) is 3.05. The maximum atomic E-state index is 10.9. The first-order chi connectivity index (χ1) is 11.2. The summed E-state index contributed by atoms with van der Waals surface area (Å²) in [6, 6.07) is 15.3. The minimum absolute atomic E-state index is 0.479. The highest BCUT2D eigenvalue weighted by Crippen LogP contribution is 2.23. The van der Waals surface area contributed by atoms with E-state index >= 15 is 0 Å². The number of hydrogen-bond donors (Lipinski definition) is 0. The third-order valence-corrected chi connectivity index (χ3v) is 3.55. The van der Waals surface area contributed by atoms with E-state index in [-0.39, 0.29) is 0 Å². The molecule has 0 amide bonds. The standard InChI is InChI=1S/C19H18N2O2/c1-13(2)10-14-6-8-16(9-7-14)19-20-18(21-23-19)17-5-3-4-15(11-17)12-22/h3-9,11-13H,10H2,1-2H3. The third kappa shape index (κ3) is 3.54. The van der Waals surface area contributed by atoms with Gasteiger partial charge in [0.2, 0.25) is 5.82 Å². The molecular formula is C19H18N2O2. The molecule has 0 aliphatic carbocycles. The minimum atomic E-state index is 0.479.